The van der Waals surface area contributed by atoms with Crippen molar-refractivity contribution in [2.75, 3.05) is 5.32 Å². The van der Waals surface area contributed by atoms with Gasteiger partial charge in [-0.05, 0) is 32.0 Å². The van der Waals surface area contributed by atoms with Gasteiger partial charge in [-0.2, -0.15) is 5.26 Å². The molecule has 1 rings (SSSR count). The van der Waals surface area contributed by atoms with Crippen molar-refractivity contribution in [2.45, 2.75) is 25.9 Å². The molecule has 0 spiro atoms. The summed E-state index contributed by atoms with van der Waals surface area (Å²) in [6.07, 6.45) is -0.532. The number of amides is 1. The fourth-order valence-corrected chi connectivity index (χ4v) is 1.49. The van der Waals surface area contributed by atoms with Crippen LogP contribution in [-0.2, 0) is 4.74 Å². The number of ether oxygens (including phenoxy) is 1. The summed E-state index contributed by atoms with van der Waals surface area (Å²) >= 11 is 11.6. The maximum Gasteiger partial charge on any atom is 0.412 e. The third-order valence-electron chi connectivity index (χ3n) is 2.04. The highest BCUT2D eigenvalue weighted by Crippen LogP contribution is 2.25. The molecule has 0 unspecified atom stereocenters. The standard InChI is InChI=1S/C12H12Cl2N2O2/c1-12(2,5-6-15)18-11(17)16-8-3-4-9(13)10(14)7-8/h3-4,7H,5H2,1-2H3,(H,16,17). The second-order valence-corrected chi connectivity index (χ2v) is 5.05. The number of rotatable bonds is 3. The third kappa shape index (κ3) is 4.44. The van der Waals surface area contributed by atoms with Crippen LogP contribution in [0.25, 0.3) is 0 Å². The van der Waals surface area contributed by atoms with Crippen LogP contribution in [0, 0.1) is 11.3 Å². The van der Waals surface area contributed by atoms with Crippen LogP contribution in [-0.4, -0.2) is 11.7 Å². The maximum atomic E-state index is 11.6. The first kappa shape index (κ1) is 14.6. The monoisotopic (exact) mass is 286 g/mol. The largest absolute Gasteiger partial charge is 0.442 e. The topological polar surface area (TPSA) is 62.1 Å². The average Bonchev–Trinajstić information content (AvgIpc) is 2.22. The summed E-state index contributed by atoms with van der Waals surface area (Å²) in [5, 5.41) is 11.8. The SMILES string of the molecule is CC(C)(CC#N)OC(=O)Nc1ccc(Cl)c(Cl)c1. The van der Waals surface area contributed by atoms with Gasteiger partial charge in [-0.3, -0.25) is 5.32 Å². The van der Waals surface area contributed by atoms with Crippen LogP contribution in [0.3, 0.4) is 0 Å². The van der Waals surface area contributed by atoms with Crippen molar-refractivity contribution in [3.8, 4) is 6.07 Å². The summed E-state index contributed by atoms with van der Waals surface area (Å²) in [6.45, 7) is 3.31. The van der Waals surface area contributed by atoms with E-state index in [1.54, 1.807) is 26.0 Å². The van der Waals surface area contributed by atoms with Gasteiger partial charge in [-0.15, -0.1) is 0 Å². The second-order valence-electron chi connectivity index (χ2n) is 4.24. The van der Waals surface area contributed by atoms with E-state index in [0.29, 0.717) is 15.7 Å². The summed E-state index contributed by atoms with van der Waals surface area (Å²) < 4.78 is 5.10. The number of nitrogens with one attached hydrogen (secondary N) is 1. The van der Waals surface area contributed by atoms with Crippen LogP contribution < -0.4 is 5.32 Å². The minimum Gasteiger partial charge on any atom is -0.442 e. The van der Waals surface area contributed by atoms with Crippen LogP contribution in [0.15, 0.2) is 18.2 Å². The molecule has 1 N–H and O–H groups in total. The lowest BCUT2D eigenvalue weighted by atomic mass is 10.1. The van der Waals surface area contributed by atoms with E-state index in [9.17, 15) is 4.79 Å². The molecule has 0 saturated heterocycles. The summed E-state index contributed by atoms with van der Waals surface area (Å²) in [5.74, 6) is 0. The Morgan fingerprint density at radius 2 is 2.11 bits per heavy atom. The average molecular weight is 287 g/mol. The van der Waals surface area contributed by atoms with Gasteiger partial charge in [0.15, 0.2) is 0 Å². The van der Waals surface area contributed by atoms with Crippen LogP contribution in [0.2, 0.25) is 10.0 Å². The molecule has 0 aliphatic rings. The van der Waals surface area contributed by atoms with Crippen LogP contribution in [0.1, 0.15) is 20.3 Å². The minimum atomic E-state index is -0.838. The van der Waals surface area contributed by atoms with E-state index >= 15 is 0 Å². The number of carbonyl (C=O) groups is 1. The minimum absolute atomic E-state index is 0.113. The summed E-state index contributed by atoms with van der Waals surface area (Å²) in [4.78, 5) is 11.6. The highest BCUT2D eigenvalue weighted by atomic mass is 35.5. The smallest absolute Gasteiger partial charge is 0.412 e. The third-order valence-corrected chi connectivity index (χ3v) is 2.78. The highest BCUT2D eigenvalue weighted by molar-refractivity contribution is 6.42. The van der Waals surface area contributed by atoms with Crippen molar-refractivity contribution in [3.05, 3.63) is 28.2 Å². The van der Waals surface area contributed by atoms with Crippen molar-refractivity contribution >= 4 is 35.0 Å². The molecule has 6 heteroatoms. The lowest BCUT2D eigenvalue weighted by molar-refractivity contribution is 0.0527. The van der Waals surface area contributed by atoms with E-state index in [2.05, 4.69) is 5.32 Å². The molecule has 4 nitrogen and oxygen atoms in total. The van der Waals surface area contributed by atoms with Gasteiger partial charge < -0.3 is 4.74 Å². The molecule has 0 heterocycles. The molecule has 0 aliphatic carbocycles. The fourth-order valence-electron chi connectivity index (χ4n) is 1.19. The molecule has 96 valence electrons. The lowest BCUT2D eigenvalue weighted by Crippen LogP contribution is -2.30. The number of nitriles is 1. The van der Waals surface area contributed by atoms with E-state index in [4.69, 9.17) is 33.2 Å². The normalized spacial score (nSPS) is 10.6. The van der Waals surface area contributed by atoms with Gasteiger partial charge in [-0.25, -0.2) is 4.79 Å². The molecule has 1 aromatic rings. The molecular weight excluding hydrogens is 275 g/mol. The molecule has 1 amide bonds. The Labute approximate surface area is 115 Å². The number of anilines is 1. The van der Waals surface area contributed by atoms with Gasteiger partial charge in [0.05, 0.1) is 22.5 Å². The lowest BCUT2D eigenvalue weighted by Gasteiger charge is -2.22. The second kappa shape index (κ2) is 5.94. The number of hydrogen-bond donors (Lipinski definition) is 1. The highest BCUT2D eigenvalue weighted by Gasteiger charge is 2.22. The fraction of sp³-hybridized carbons (Fsp3) is 0.333. The van der Waals surface area contributed by atoms with Crippen molar-refractivity contribution in [3.63, 3.8) is 0 Å². The van der Waals surface area contributed by atoms with Crippen LogP contribution >= 0.6 is 23.2 Å². The van der Waals surface area contributed by atoms with Gasteiger partial charge in [0, 0.05) is 5.69 Å². The van der Waals surface area contributed by atoms with E-state index in [1.165, 1.54) is 6.07 Å². The molecule has 0 fully saturated rings. The molecule has 18 heavy (non-hydrogen) atoms. The predicted molar refractivity (Wildman–Crippen MR) is 70.9 cm³/mol. The first-order valence-electron chi connectivity index (χ1n) is 5.16. The Balaban J connectivity index is 2.65. The number of carbonyl (C=O) groups excluding carboxylic acids is 1. The van der Waals surface area contributed by atoms with Crippen LogP contribution in [0.5, 0.6) is 0 Å². The van der Waals surface area contributed by atoms with Crippen molar-refractivity contribution in [1.29, 1.82) is 5.26 Å². The van der Waals surface area contributed by atoms with Crippen molar-refractivity contribution < 1.29 is 9.53 Å². The number of nitrogens with zero attached hydrogens (tertiary/aromatic N) is 1. The van der Waals surface area contributed by atoms with E-state index < -0.39 is 11.7 Å². The predicted octanol–water partition coefficient (Wildman–Crippen LogP) is 4.23. The van der Waals surface area contributed by atoms with Gasteiger partial charge >= 0.3 is 6.09 Å². The Morgan fingerprint density at radius 1 is 1.44 bits per heavy atom. The maximum absolute atomic E-state index is 11.6. The Bertz CT molecular complexity index is 495. The zero-order chi connectivity index (χ0) is 13.8. The molecule has 1 aromatic carbocycles. The van der Waals surface area contributed by atoms with Crippen molar-refractivity contribution in [1.82, 2.24) is 0 Å². The first-order chi connectivity index (χ1) is 8.34. The Kier molecular flexibility index (Phi) is 4.83. The van der Waals surface area contributed by atoms with Gasteiger partial charge in [0.1, 0.15) is 5.60 Å². The molecule has 0 aliphatic heterocycles. The molecular formula is C12H12Cl2N2O2. The van der Waals surface area contributed by atoms with Gasteiger partial charge in [-0.1, -0.05) is 23.2 Å². The molecule has 0 bridgehead atoms. The number of halogens is 2. The zero-order valence-corrected chi connectivity index (χ0v) is 11.5. The number of hydrogen-bond acceptors (Lipinski definition) is 3. The zero-order valence-electron chi connectivity index (χ0n) is 9.96. The van der Waals surface area contributed by atoms with Gasteiger partial charge in [0.25, 0.3) is 0 Å². The Morgan fingerprint density at radius 3 is 2.67 bits per heavy atom. The first-order valence-corrected chi connectivity index (χ1v) is 5.92. The van der Waals surface area contributed by atoms with Crippen LogP contribution in [0.4, 0.5) is 10.5 Å². The van der Waals surface area contributed by atoms with E-state index in [1.807, 2.05) is 6.07 Å². The summed E-state index contributed by atoms with van der Waals surface area (Å²) in [5.41, 5.74) is -0.364. The molecule has 0 radical (unpaired) electrons. The number of benzene rings is 1. The summed E-state index contributed by atoms with van der Waals surface area (Å²) in [6, 6.07) is 6.64. The Hall–Kier alpha value is -1.44. The van der Waals surface area contributed by atoms with E-state index in [0.717, 1.165) is 0 Å². The molecule has 0 aromatic heterocycles. The summed E-state index contributed by atoms with van der Waals surface area (Å²) in [7, 11) is 0. The molecule has 0 atom stereocenters. The quantitative estimate of drug-likeness (QED) is 0.904. The van der Waals surface area contributed by atoms with Gasteiger partial charge in [0.2, 0.25) is 0 Å². The molecule has 0 saturated carbocycles. The van der Waals surface area contributed by atoms with E-state index in [-0.39, 0.29) is 6.42 Å². The van der Waals surface area contributed by atoms with Crippen molar-refractivity contribution in [2.24, 2.45) is 0 Å².